The van der Waals surface area contributed by atoms with Crippen LogP contribution in [0.5, 0.6) is 0 Å². The molecule has 1 rings (SSSR count). The minimum Gasteiger partial charge on any atom is -0.317 e. The monoisotopic (exact) mass is 195 g/mol. The van der Waals surface area contributed by atoms with Crippen LogP contribution in [0.15, 0.2) is 6.07 Å². The molecule has 0 saturated carbocycles. The zero-order valence-corrected chi connectivity index (χ0v) is 9.83. The van der Waals surface area contributed by atoms with Crippen LogP contribution in [0.25, 0.3) is 0 Å². The first-order chi connectivity index (χ1) is 6.54. The lowest BCUT2D eigenvalue weighted by Crippen LogP contribution is -2.25. The second-order valence-electron chi connectivity index (χ2n) is 4.15. The molecule has 1 aromatic rings. The molecule has 1 aromatic heterocycles. The van der Waals surface area contributed by atoms with Crippen LogP contribution in [-0.4, -0.2) is 22.9 Å². The fourth-order valence-electron chi connectivity index (χ4n) is 1.82. The molecule has 0 saturated heterocycles. The van der Waals surface area contributed by atoms with Gasteiger partial charge in [0.05, 0.1) is 11.7 Å². The quantitative estimate of drug-likeness (QED) is 0.797. The summed E-state index contributed by atoms with van der Waals surface area (Å²) in [5, 5.41) is 7.74. The minimum absolute atomic E-state index is 0.464. The molecule has 3 nitrogen and oxygen atoms in total. The van der Waals surface area contributed by atoms with E-state index in [9.17, 15) is 0 Å². The van der Waals surface area contributed by atoms with Gasteiger partial charge in [-0.15, -0.1) is 0 Å². The van der Waals surface area contributed by atoms with Crippen LogP contribution in [-0.2, 0) is 0 Å². The fourth-order valence-corrected chi connectivity index (χ4v) is 1.82. The van der Waals surface area contributed by atoms with Gasteiger partial charge in [0.1, 0.15) is 0 Å². The van der Waals surface area contributed by atoms with Crippen molar-refractivity contribution in [2.24, 2.45) is 0 Å². The van der Waals surface area contributed by atoms with Crippen LogP contribution in [0.3, 0.4) is 0 Å². The van der Waals surface area contributed by atoms with E-state index in [1.807, 2.05) is 14.0 Å². The Morgan fingerprint density at radius 1 is 1.43 bits per heavy atom. The first kappa shape index (κ1) is 11.2. The smallest absolute Gasteiger partial charge is 0.0596 e. The van der Waals surface area contributed by atoms with Gasteiger partial charge in [0.2, 0.25) is 0 Å². The van der Waals surface area contributed by atoms with E-state index in [0.717, 1.165) is 12.1 Å². The molecule has 14 heavy (non-hydrogen) atoms. The van der Waals surface area contributed by atoms with E-state index >= 15 is 0 Å². The van der Waals surface area contributed by atoms with Crippen LogP contribution in [0.2, 0.25) is 0 Å². The Morgan fingerprint density at radius 3 is 2.50 bits per heavy atom. The topological polar surface area (TPSA) is 29.9 Å². The van der Waals surface area contributed by atoms with Gasteiger partial charge in [-0.05, 0) is 47.2 Å². The Labute approximate surface area is 86.5 Å². The molecule has 0 amide bonds. The van der Waals surface area contributed by atoms with E-state index in [1.165, 1.54) is 5.69 Å². The summed E-state index contributed by atoms with van der Waals surface area (Å²) in [6.07, 6.45) is 1.11. The van der Waals surface area contributed by atoms with Crippen molar-refractivity contribution in [1.29, 1.82) is 0 Å². The molecule has 2 unspecified atom stereocenters. The van der Waals surface area contributed by atoms with Gasteiger partial charge in [0.25, 0.3) is 0 Å². The Kier molecular flexibility index (Phi) is 3.69. The summed E-state index contributed by atoms with van der Waals surface area (Å²) in [5.74, 6) is 0. The number of aromatic nitrogens is 2. The highest BCUT2D eigenvalue weighted by Crippen LogP contribution is 2.15. The molecule has 2 atom stereocenters. The Bertz CT molecular complexity index is 291. The number of aryl methyl sites for hydroxylation is 2. The minimum atomic E-state index is 0.464. The summed E-state index contributed by atoms with van der Waals surface area (Å²) >= 11 is 0. The summed E-state index contributed by atoms with van der Waals surface area (Å²) in [4.78, 5) is 0. The first-order valence-electron chi connectivity index (χ1n) is 5.24. The molecule has 0 aromatic carbocycles. The summed E-state index contributed by atoms with van der Waals surface area (Å²) in [6.45, 7) is 8.56. The normalized spacial score (nSPS) is 15.5. The highest BCUT2D eigenvalue weighted by atomic mass is 15.3. The molecule has 80 valence electrons. The number of rotatable bonds is 4. The summed E-state index contributed by atoms with van der Waals surface area (Å²) in [5.41, 5.74) is 2.35. The van der Waals surface area contributed by atoms with Crippen molar-refractivity contribution in [2.45, 2.75) is 46.2 Å². The third kappa shape index (κ3) is 2.58. The molecule has 3 heteroatoms. The summed E-state index contributed by atoms with van der Waals surface area (Å²) < 4.78 is 2.11. The molecular formula is C11H21N3. The van der Waals surface area contributed by atoms with E-state index in [4.69, 9.17) is 0 Å². The number of hydrogen-bond acceptors (Lipinski definition) is 2. The maximum Gasteiger partial charge on any atom is 0.0596 e. The lowest BCUT2D eigenvalue weighted by Gasteiger charge is -2.18. The molecule has 0 radical (unpaired) electrons. The number of nitrogens with one attached hydrogen (secondary N) is 1. The van der Waals surface area contributed by atoms with Gasteiger partial charge in [0.15, 0.2) is 0 Å². The Morgan fingerprint density at radius 2 is 2.07 bits per heavy atom. The Balaban J connectivity index is 2.69. The lowest BCUT2D eigenvalue weighted by molar-refractivity contribution is 0.396. The van der Waals surface area contributed by atoms with Crippen molar-refractivity contribution in [1.82, 2.24) is 15.1 Å². The fraction of sp³-hybridized carbons (Fsp3) is 0.727. The van der Waals surface area contributed by atoms with E-state index in [0.29, 0.717) is 12.1 Å². The van der Waals surface area contributed by atoms with Gasteiger partial charge in [0, 0.05) is 11.7 Å². The number of nitrogens with zero attached hydrogens (tertiary/aromatic N) is 2. The van der Waals surface area contributed by atoms with Gasteiger partial charge in [-0.25, -0.2) is 0 Å². The third-order valence-electron chi connectivity index (χ3n) is 2.65. The SMILES string of the molecule is CNC(C)CC(C)n1nc(C)cc1C. The molecule has 0 fully saturated rings. The van der Waals surface area contributed by atoms with Crippen LogP contribution in [0, 0.1) is 13.8 Å². The summed E-state index contributed by atoms with van der Waals surface area (Å²) in [7, 11) is 2.00. The highest BCUT2D eigenvalue weighted by molar-refractivity contribution is 5.07. The van der Waals surface area contributed by atoms with Crippen molar-refractivity contribution in [3.63, 3.8) is 0 Å². The van der Waals surface area contributed by atoms with Gasteiger partial charge in [-0.1, -0.05) is 0 Å². The first-order valence-corrected chi connectivity index (χ1v) is 5.24. The van der Waals surface area contributed by atoms with E-state index in [1.54, 1.807) is 0 Å². The van der Waals surface area contributed by atoms with Crippen molar-refractivity contribution in [3.8, 4) is 0 Å². The third-order valence-corrected chi connectivity index (χ3v) is 2.65. The second-order valence-corrected chi connectivity index (χ2v) is 4.15. The maximum atomic E-state index is 4.49. The highest BCUT2D eigenvalue weighted by Gasteiger charge is 2.11. The van der Waals surface area contributed by atoms with E-state index in [2.05, 4.69) is 41.9 Å². The van der Waals surface area contributed by atoms with Gasteiger partial charge >= 0.3 is 0 Å². The Hall–Kier alpha value is -0.830. The van der Waals surface area contributed by atoms with Crippen LogP contribution >= 0.6 is 0 Å². The zero-order chi connectivity index (χ0) is 10.7. The van der Waals surface area contributed by atoms with Crippen LogP contribution < -0.4 is 5.32 Å². The molecule has 1 N–H and O–H groups in total. The zero-order valence-electron chi connectivity index (χ0n) is 9.83. The van der Waals surface area contributed by atoms with Gasteiger partial charge in [-0.2, -0.15) is 5.10 Å². The van der Waals surface area contributed by atoms with Crippen molar-refractivity contribution >= 4 is 0 Å². The molecule has 0 aliphatic heterocycles. The average Bonchev–Trinajstić information content (AvgIpc) is 2.45. The average molecular weight is 195 g/mol. The molecule has 0 spiro atoms. The van der Waals surface area contributed by atoms with Crippen molar-refractivity contribution < 1.29 is 0 Å². The van der Waals surface area contributed by atoms with Crippen molar-refractivity contribution in [3.05, 3.63) is 17.5 Å². The molecule has 0 aliphatic carbocycles. The van der Waals surface area contributed by atoms with Crippen LogP contribution in [0.4, 0.5) is 0 Å². The predicted octanol–water partition coefficient (Wildman–Crippen LogP) is 2.06. The molecule has 0 bridgehead atoms. The predicted molar refractivity (Wildman–Crippen MR) is 59.6 cm³/mol. The standard InChI is InChI=1S/C11H21N3/c1-8(12-5)6-10(3)14-11(4)7-9(2)13-14/h7-8,10,12H,6H2,1-5H3. The lowest BCUT2D eigenvalue weighted by atomic mass is 10.1. The van der Waals surface area contributed by atoms with E-state index in [-0.39, 0.29) is 0 Å². The molecular weight excluding hydrogens is 174 g/mol. The van der Waals surface area contributed by atoms with E-state index < -0.39 is 0 Å². The largest absolute Gasteiger partial charge is 0.317 e. The number of hydrogen-bond donors (Lipinski definition) is 1. The van der Waals surface area contributed by atoms with Gasteiger partial charge in [-0.3, -0.25) is 4.68 Å². The second kappa shape index (κ2) is 4.60. The maximum absolute atomic E-state index is 4.49. The molecule has 0 aliphatic rings. The summed E-state index contributed by atoms with van der Waals surface area (Å²) in [6, 6.07) is 3.13. The van der Waals surface area contributed by atoms with Crippen molar-refractivity contribution in [2.75, 3.05) is 7.05 Å². The molecule has 1 heterocycles. The van der Waals surface area contributed by atoms with Gasteiger partial charge < -0.3 is 5.32 Å². The van der Waals surface area contributed by atoms with Crippen LogP contribution in [0.1, 0.15) is 37.7 Å².